The zero-order valence-corrected chi connectivity index (χ0v) is 21.0. The predicted octanol–water partition coefficient (Wildman–Crippen LogP) is 4.49. The number of aliphatic hydroxyl groups is 1. The largest absolute Gasteiger partial charge is 0.390 e. The van der Waals surface area contributed by atoms with Crippen molar-refractivity contribution in [1.82, 2.24) is 5.32 Å². The van der Waals surface area contributed by atoms with Crippen LogP contribution in [0.1, 0.15) is 79.1 Å². The number of ketones is 2. The number of hydrogen-bond acceptors (Lipinski definition) is 4. The van der Waals surface area contributed by atoms with Crippen molar-refractivity contribution in [3.63, 3.8) is 0 Å². The Labute approximate surface area is 202 Å². The minimum absolute atomic E-state index is 0.0592. The second-order valence-corrected chi connectivity index (χ2v) is 11.7. The van der Waals surface area contributed by atoms with Gasteiger partial charge in [-0.1, -0.05) is 51.7 Å². The van der Waals surface area contributed by atoms with Gasteiger partial charge in [0.05, 0.1) is 6.10 Å². The molecular weight excluding hydrogens is 433 g/mol. The van der Waals surface area contributed by atoms with E-state index in [-0.39, 0.29) is 24.0 Å². The van der Waals surface area contributed by atoms with Crippen LogP contribution < -0.4 is 5.32 Å². The number of carbonyl (C=O) groups excluding carboxylic acids is 3. The monoisotopic (exact) mass is 473 g/mol. The van der Waals surface area contributed by atoms with Gasteiger partial charge in [0.15, 0.2) is 11.5 Å². The third-order valence-corrected chi connectivity index (χ3v) is 9.80. The highest BCUT2D eigenvalue weighted by Crippen LogP contribution is 2.69. The number of unbranched alkanes of at least 4 members (excludes halogenated alkanes) is 3. The minimum atomic E-state index is -1.91. The first-order valence-electron chi connectivity index (χ1n) is 13.1. The van der Waals surface area contributed by atoms with Crippen LogP contribution in [-0.4, -0.2) is 40.9 Å². The van der Waals surface area contributed by atoms with Crippen LogP contribution in [0.2, 0.25) is 0 Å². The van der Waals surface area contributed by atoms with Gasteiger partial charge >= 0.3 is 0 Å². The molecule has 3 fully saturated rings. The van der Waals surface area contributed by atoms with Gasteiger partial charge in [-0.2, -0.15) is 0 Å². The Morgan fingerprint density at radius 2 is 1.94 bits per heavy atom. The Kier molecular flexibility index (Phi) is 6.69. The number of Topliss-reactive ketones (excluding diaryl/α,β-unsaturated/α-hetero) is 1. The van der Waals surface area contributed by atoms with Crippen LogP contribution in [0.15, 0.2) is 23.8 Å². The number of carbonyl (C=O) groups is 3. The molecule has 8 atom stereocenters. The van der Waals surface area contributed by atoms with Crippen LogP contribution in [-0.2, 0) is 14.4 Å². The van der Waals surface area contributed by atoms with Gasteiger partial charge in [0.25, 0.3) is 5.91 Å². The minimum Gasteiger partial charge on any atom is -0.390 e. The third kappa shape index (κ3) is 3.63. The average Bonchev–Trinajstić information content (AvgIpc) is 3.04. The molecule has 5 nitrogen and oxygen atoms in total. The molecule has 6 heteroatoms. The summed E-state index contributed by atoms with van der Waals surface area (Å²) in [5, 5.41) is 14.2. The number of allylic oxidation sites excluding steroid dienone is 4. The summed E-state index contributed by atoms with van der Waals surface area (Å²) in [6.45, 7) is 8.38. The van der Waals surface area contributed by atoms with E-state index in [2.05, 4.69) is 12.2 Å². The van der Waals surface area contributed by atoms with Gasteiger partial charge in [-0.05, 0) is 68.4 Å². The molecule has 34 heavy (non-hydrogen) atoms. The standard InChI is InChI=1S/C28H40FNO4/c1-5-6-7-8-13-30-25(34)24(33)23-17(2)14-21-20-10-9-18-15-19(31)11-12-27(18,4)28(20,29)22(32)16-26(21,23)3/h11-12,15,17,20-23,32H,5-10,13-14,16H2,1-4H3,(H,30,34)/t17-,20+,21+,22+,23-,26+,27+,28+/m1/s1. The Balaban J connectivity index is 1.58. The van der Waals surface area contributed by atoms with Crippen LogP contribution in [0, 0.1) is 34.5 Å². The van der Waals surface area contributed by atoms with Crippen LogP contribution in [0.4, 0.5) is 4.39 Å². The predicted molar refractivity (Wildman–Crippen MR) is 129 cm³/mol. The van der Waals surface area contributed by atoms with E-state index in [0.717, 1.165) is 31.3 Å². The van der Waals surface area contributed by atoms with Crippen molar-refractivity contribution in [1.29, 1.82) is 0 Å². The van der Waals surface area contributed by atoms with Gasteiger partial charge in [-0.15, -0.1) is 0 Å². The van der Waals surface area contributed by atoms with Crippen molar-refractivity contribution < 1.29 is 23.9 Å². The summed E-state index contributed by atoms with van der Waals surface area (Å²) in [4.78, 5) is 38.1. The smallest absolute Gasteiger partial charge is 0.287 e. The summed E-state index contributed by atoms with van der Waals surface area (Å²) >= 11 is 0. The van der Waals surface area contributed by atoms with Gasteiger partial charge in [-0.3, -0.25) is 14.4 Å². The Hall–Kier alpha value is -1.82. The number of alkyl halides is 1. The van der Waals surface area contributed by atoms with E-state index in [9.17, 15) is 19.5 Å². The number of fused-ring (bicyclic) bond motifs is 5. The fourth-order valence-corrected chi connectivity index (χ4v) is 8.12. The molecule has 0 heterocycles. The molecule has 188 valence electrons. The molecule has 3 saturated carbocycles. The lowest BCUT2D eigenvalue weighted by Crippen LogP contribution is -2.67. The second-order valence-electron chi connectivity index (χ2n) is 11.7. The van der Waals surface area contributed by atoms with E-state index < -0.39 is 46.1 Å². The number of nitrogens with one attached hydrogen (secondary N) is 1. The lowest BCUT2D eigenvalue weighted by Gasteiger charge is -2.61. The first-order chi connectivity index (χ1) is 16.0. The fraction of sp³-hybridized carbons (Fsp3) is 0.750. The summed E-state index contributed by atoms with van der Waals surface area (Å²) in [5.41, 5.74) is -2.83. The fourth-order valence-electron chi connectivity index (χ4n) is 8.12. The second kappa shape index (κ2) is 9.00. The number of halogens is 1. The molecule has 0 aromatic heterocycles. The molecule has 0 aliphatic heterocycles. The van der Waals surface area contributed by atoms with Crippen LogP contribution in [0.5, 0.6) is 0 Å². The molecule has 0 radical (unpaired) electrons. The lowest BCUT2D eigenvalue weighted by molar-refractivity contribution is -0.195. The van der Waals surface area contributed by atoms with E-state index >= 15 is 4.39 Å². The van der Waals surface area contributed by atoms with Crippen molar-refractivity contribution in [3.05, 3.63) is 23.8 Å². The van der Waals surface area contributed by atoms with E-state index in [1.807, 2.05) is 13.8 Å². The number of amides is 1. The topological polar surface area (TPSA) is 83.5 Å². The molecule has 4 aliphatic carbocycles. The maximum Gasteiger partial charge on any atom is 0.287 e. The van der Waals surface area contributed by atoms with Crippen LogP contribution in [0.25, 0.3) is 0 Å². The quantitative estimate of drug-likeness (QED) is 0.422. The number of aliphatic hydroxyl groups excluding tert-OH is 1. The summed E-state index contributed by atoms with van der Waals surface area (Å²) in [6, 6.07) is 0. The molecule has 0 spiro atoms. The molecule has 0 aromatic carbocycles. The Bertz CT molecular complexity index is 927. The normalized spacial score (nSPS) is 42.9. The van der Waals surface area contributed by atoms with Crippen LogP contribution in [0.3, 0.4) is 0 Å². The average molecular weight is 474 g/mol. The van der Waals surface area contributed by atoms with Crippen molar-refractivity contribution in [2.75, 3.05) is 6.54 Å². The first kappa shape index (κ1) is 25.3. The van der Waals surface area contributed by atoms with E-state index in [1.165, 1.54) is 12.2 Å². The zero-order valence-electron chi connectivity index (χ0n) is 21.0. The SMILES string of the molecule is CCCCCCNC(=O)C(=O)[C@H]1[C@H](C)C[C@H]2[C@@H]3CCC4=CC(=O)C=C[C@]4(C)[C@@]3(F)[C@@H](O)C[C@@]21C. The summed E-state index contributed by atoms with van der Waals surface area (Å²) in [5.74, 6) is -2.22. The highest BCUT2D eigenvalue weighted by Gasteiger charge is 2.71. The van der Waals surface area contributed by atoms with Gasteiger partial charge in [0.2, 0.25) is 5.78 Å². The summed E-state index contributed by atoms with van der Waals surface area (Å²) in [7, 11) is 0. The first-order valence-corrected chi connectivity index (χ1v) is 13.1. The van der Waals surface area contributed by atoms with E-state index in [4.69, 9.17) is 0 Å². The molecule has 0 unspecified atom stereocenters. The molecule has 0 aromatic rings. The Morgan fingerprint density at radius 1 is 1.21 bits per heavy atom. The van der Waals surface area contributed by atoms with Crippen molar-refractivity contribution in [2.45, 2.75) is 90.8 Å². The van der Waals surface area contributed by atoms with Crippen LogP contribution >= 0.6 is 0 Å². The third-order valence-electron chi connectivity index (χ3n) is 9.80. The molecule has 1 amide bonds. The molecule has 2 N–H and O–H groups in total. The number of rotatable bonds is 7. The summed E-state index contributed by atoms with van der Waals surface area (Å²) < 4.78 is 17.1. The molecular formula is C28H40FNO4. The van der Waals surface area contributed by atoms with Gasteiger partial charge in [0, 0.05) is 23.8 Å². The Morgan fingerprint density at radius 3 is 2.65 bits per heavy atom. The highest BCUT2D eigenvalue weighted by atomic mass is 19.1. The number of hydrogen-bond donors (Lipinski definition) is 2. The van der Waals surface area contributed by atoms with E-state index in [0.29, 0.717) is 25.8 Å². The van der Waals surface area contributed by atoms with Gasteiger partial charge < -0.3 is 10.4 Å². The van der Waals surface area contributed by atoms with Crippen molar-refractivity contribution >= 4 is 17.5 Å². The molecule has 0 saturated heterocycles. The lowest BCUT2D eigenvalue weighted by atomic mass is 9.45. The molecule has 0 bridgehead atoms. The van der Waals surface area contributed by atoms with Gasteiger partial charge in [0.1, 0.15) is 0 Å². The summed E-state index contributed by atoms with van der Waals surface area (Å²) in [6.07, 6.45) is 9.35. The molecule has 4 aliphatic rings. The van der Waals surface area contributed by atoms with E-state index in [1.54, 1.807) is 13.0 Å². The van der Waals surface area contributed by atoms with Crippen molar-refractivity contribution in [2.24, 2.45) is 34.5 Å². The van der Waals surface area contributed by atoms with Gasteiger partial charge in [-0.25, -0.2) is 4.39 Å². The molecule has 4 rings (SSSR count). The maximum absolute atomic E-state index is 17.1. The highest BCUT2D eigenvalue weighted by molar-refractivity contribution is 6.37. The maximum atomic E-state index is 17.1. The zero-order chi connectivity index (χ0) is 24.9. The van der Waals surface area contributed by atoms with Crippen molar-refractivity contribution in [3.8, 4) is 0 Å².